The lowest BCUT2D eigenvalue weighted by Gasteiger charge is -2.29. The summed E-state index contributed by atoms with van der Waals surface area (Å²) in [5.74, 6) is -2.67. The number of piperidine rings is 1. The highest BCUT2D eigenvalue weighted by atomic mass is 19.4. The monoisotopic (exact) mass is 360 g/mol. The molecule has 138 valence electrons. The zero-order valence-electron chi connectivity index (χ0n) is 13.4. The van der Waals surface area contributed by atoms with E-state index in [2.05, 4.69) is 10.4 Å². The van der Waals surface area contributed by atoms with E-state index < -0.39 is 30.0 Å². The molecule has 2 N–H and O–H groups in total. The van der Waals surface area contributed by atoms with E-state index in [-0.39, 0.29) is 18.9 Å². The molecule has 7 nitrogen and oxygen atoms in total. The van der Waals surface area contributed by atoms with Crippen LogP contribution in [-0.4, -0.2) is 46.5 Å². The van der Waals surface area contributed by atoms with Crippen LogP contribution < -0.4 is 10.6 Å². The SMILES string of the molecule is O=C(Nc1cnn(CC2CCCO2)c1)C1CCC(C(F)(F)F)NC1=O. The van der Waals surface area contributed by atoms with E-state index in [1.54, 1.807) is 10.9 Å². The van der Waals surface area contributed by atoms with Crippen molar-refractivity contribution in [1.29, 1.82) is 0 Å². The minimum atomic E-state index is -4.50. The molecule has 3 atom stereocenters. The number of halogens is 3. The molecule has 2 amide bonds. The lowest BCUT2D eigenvalue weighted by molar-refractivity contribution is -0.170. The standard InChI is InChI=1S/C15H19F3N4O3/c16-15(17,18)12-4-3-11(14(24)21-12)13(23)20-9-6-19-22(7-9)8-10-2-1-5-25-10/h6-7,10-12H,1-5,8H2,(H,20,23)(H,21,24). The number of aromatic nitrogens is 2. The largest absolute Gasteiger partial charge is 0.408 e. The molecule has 1 aromatic heterocycles. The van der Waals surface area contributed by atoms with Crippen LogP contribution in [0.2, 0.25) is 0 Å². The Morgan fingerprint density at radius 3 is 2.84 bits per heavy atom. The Labute approximate surface area is 141 Å². The quantitative estimate of drug-likeness (QED) is 0.796. The third-order valence-corrected chi connectivity index (χ3v) is 4.40. The van der Waals surface area contributed by atoms with Crippen molar-refractivity contribution in [3.8, 4) is 0 Å². The van der Waals surface area contributed by atoms with Gasteiger partial charge in [0.25, 0.3) is 0 Å². The molecule has 3 rings (SSSR count). The second-order valence-corrected chi connectivity index (χ2v) is 6.31. The van der Waals surface area contributed by atoms with Crippen molar-refractivity contribution >= 4 is 17.5 Å². The first kappa shape index (κ1) is 17.7. The minimum Gasteiger partial charge on any atom is -0.376 e. The third-order valence-electron chi connectivity index (χ3n) is 4.40. The highest BCUT2D eigenvalue weighted by molar-refractivity contribution is 6.06. The summed E-state index contributed by atoms with van der Waals surface area (Å²) < 4.78 is 45.0. The molecule has 0 radical (unpaired) electrons. The maximum atomic E-state index is 12.6. The average Bonchev–Trinajstić information content (AvgIpc) is 3.19. The maximum Gasteiger partial charge on any atom is 0.408 e. The average molecular weight is 360 g/mol. The number of amides is 2. The van der Waals surface area contributed by atoms with Crippen LogP contribution in [0, 0.1) is 5.92 Å². The van der Waals surface area contributed by atoms with E-state index in [1.807, 2.05) is 5.32 Å². The summed E-state index contributed by atoms with van der Waals surface area (Å²) in [6.45, 7) is 1.29. The van der Waals surface area contributed by atoms with Gasteiger partial charge in [0.05, 0.1) is 24.5 Å². The van der Waals surface area contributed by atoms with Gasteiger partial charge >= 0.3 is 6.18 Å². The number of anilines is 1. The van der Waals surface area contributed by atoms with E-state index in [0.717, 1.165) is 19.4 Å². The van der Waals surface area contributed by atoms with Crippen LogP contribution in [0.15, 0.2) is 12.4 Å². The van der Waals surface area contributed by atoms with Crippen LogP contribution in [0.1, 0.15) is 25.7 Å². The van der Waals surface area contributed by atoms with Crippen molar-refractivity contribution in [1.82, 2.24) is 15.1 Å². The van der Waals surface area contributed by atoms with Crippen LogP contribution in [-0.2, 0) is 20.9 Å². The summed E-state index contributed by atoms with van der Waals surface area (Å²) >= 11 is 0. The molecule has 25 heavy (non-hydrogen) atoms. The predicted molar refractivity (Wildman–Crippen MR) is 80.5 cm³/mol. The molecule has 0 aliphatic carbocycles. The molecule has 10 heteroatoms. The molecular weight excluding hydrogens is 341 g/mol. The highest BCUT2D eigenvalue weighted by Gasteiger charge is 2.45. The van der Waals surface area contributed by atoms with E-state index >= 15 is 0 Å². The highest BCUT2D eigenvalue weighted by Crippen LogP contribution is 2.29. The minimum absolute atomic E-state index is 0.0897. The van der Waals surface area contributed by atoms with Gasteiger partial charge in [-0.1, -0.05) is 0 Å². The Hall–Kier alpha value is -2.10. The number of ether oxygens (including phenoxy) is 1. The fourth-order valence-corrected chi connectivity index (χ4v) is 3.06. The van der Waals surface area contributed by atoms with Gasteiger partial charge in [-0.2, -0.15) is 18.3 Å². The molecule has 2 saturated heterocycles. The molecule has 1 aromatic rings. The van der Waals surface area contributed by atoms with Crippen LogP contribution in [0.25, 0.3) is 0 Å². The first-order valence-corrected chi connectivity index (χ1v) is 8.15. The summed E-state index contributed by atoms with van der Waals surface area (Å²) in [6, 6.07) is -1.89. The van der Waals surface area contributed by atoms with Crippen molar-refractivity contribution in [3.63, 3.8) is 0 Å². The molecule has 0 aromatic carbocycles. The molecule has 0 saturated carbocycles. The maximum absolute atomic E-state index is 12.6. The summed E-state index contributed by atoms with van der Waals surface area (Å²) in [4.78, 5) is 24.0. The van der Waals surface area contributed by atoms with E-state index in [0.29, 0.717) is 12.2 Å². The summed E-state index contributed by atoms with van der Waals surface area (Å²) in [5.41, 5.74) is 0.397. The molecular formula is C15H19F3N4O3. The Bertz CT molecular complexity index is 640. The fraction of sp³-hybridized carbons (Fsp3) is 0.667. The molecule has 2 aliphatic rings. The van der Waals surface area contributed by atoms with Crippen molar-refractivity contribution in [2.75, 3.05) is 11.9 Å². The van der Waals surface area contributed by atoms with E-state index in [9.17, 15) is 22.8 Å². The van der Waals surface area contributed by atoms with Crippen molar-refractivity contribution in [3.05, 3.63) is 12.4 Å². The topological polar surface area (TPSA) is 85.2 Å². The van der Waals surface area contributed by atoms with Crippen LogP contribution in [0.5, 0.6) is 0 Å². The number of hydrogen-bond acceptors (Lipinski definition) is 4. The molecule has 0 spiro atoms. The normalized spacial score (nSPS) is 27.2. The summed E-state index contributed by atoms with van der Waals surface area (Å²) in [7, 11) is 0. The second-order valence-electron chi connectivity index (χ2n) is 6.31. The first-order valence-electron chi connectivity index (χ1n) is 8.15. The van der Waals surface area contributed by atoms with E-state index in [4.69, 9.17) is 4.74 Å². The Balaban J connectivity index is 1.54. The number of nitrogens with zero attached hydrogens (tertiary/aromatic N) is 2. The second kappa shape index (κ2) is 7.03. The van der Waals surface area contributed by atoms with Gasteiger partial charge in [-0.05, 0) is 25.7 Å². The lowest BCUT2D eigenvalue weighted by Crippen LogP contribution is -2.53. The summed E-state index contributed by atoms with van der Waals surface area (Å²) in [5, 5.41) is 8.51. The zero-order valence-corrected chi connectivity index (χ0v) is 13.4. The predicted octanol–water partition coefficient (Wildman–Crippen LogP) is 1.46. The van der Waals surface area contributed by atoms with Gasteiger partial charge in [0, 0.05) is 12.8 Å². The van der Waals surface area contributed by atoms with Crippen LogP contribution in [0.4, 0.5) is 18.9 Å². The van der Waals surface area contributed by atoms with Crippen molar-refractivity contribution < 1.29 is 27.5 Å². The van der Waals surface area contributed by atoms with Gasteiger partial charge in [-0.25, -0.2) is 0 Å². The van der Waals surface area contributed by atoms with Crippen LogP contribution in [0.3, 0.4) is 0 Å². The van der Waals surface area contributed by atoms with Crippen LogP contribution >= 0.6 is 0 Å². The van der Waals surface area contributed by atoms with Gasteiger partial charge in [-0.15, -0.1) is 0 Å². The molecule has 2 fully saturated rings. The van der Waals surface area contributed by atoms with E-state index in [1.165, 1.54) is 6.20 Å². The number of rotatable bonds is 4. The number of carbonyl (C=O) groups is 2. The fourth-order valence-electron chi connectivity index (χ4n) is 3.06. The van der Waals surface area contributed by atoms with Gasteiger partial charge in [0.15, 0.2) is 0 Å². The van der Waals surface area contributed by atoms with Gasteiger partial charge in [0.2, 0.25) is 11.8 Å². The van der Waals surface area contributed by atoms with Gasteiger partial charge in [0.1, 0.15) is 12.0 Å². The number of carbonyl (C=O) groups excluding carboxylic acids is 2. The Morgan fingerprint density at radius 2 is 2.20 bits per heavy atom. The number of nitrogens with one attached hydrogen (secondary N) is 2. The smallest absolute Gasteiger partial charge is 0.376 e. The zero-order chi connectivity index (χ0) is 18.0. The molecule has 3 unspecified atom stereocenters. The van der Waals surface area contributed by atoms with Gasteiger partial charge in [-0.3, -0.25) is 14.3 Å². The number of hydrogen-bond donors (Lipinski definition) is 2. The Kier molecular flexibility index (Phi) is 4.98. The van der Waals surface area contributed by atoms with Crippen molar-refractivity contribution in [2.24, 2.45) is 5.92 Å². The Morgan fingerprint density at radius 1 is 1.40 bits per heavy atom. The lowest BCUT2D eigenvalue weighted by atomic mass is 9.93. The summed E-state index contributed by atoms with van der Waals surface area (Å²) in [6.07, 6.45) is 0.130. The third kappa shape index (κ3) is 4.30. The molecule has 0 bridgehead atoms. The number of alkyl halides is 3. The first-order chi connectivity index (χ1) is 11.8. The van der Waals surface area contributed by atoms with Crippen molar-refractivity contribution in [2.45, 2.75) is 50.6 Å². The van der Waals surface area contributed by atoms with Gasteiger partial charge < -0.3 is 15.4 Å². The molecule has 3 heterocycles. The molecule has 2 aliphatic heterocycles.